The number of aliphatic hydroxyl groups is 1. The maximum atomic E-state index is 12.0. The molecular formula is C15H23ClN2O3. The third kappa shape index (κ3) is 5.44. The lowest BCUT2D eigenvalue weighted by molar-refractivity contribution is 0.204. The van der Waals surface area contributed by atoms with Crippen LogP contribution in [-0.2, 0) is 0 Å². The summed E-state index contributed by atoms with van der Waals surface area (Å²) in [6.07, 6.45) is -0.0538. The van der Waals surface area contributed by atoms with Gasteiger partial charge < -0.3 is 20.5 Å². The third-order valence-electron chi connectivity index (χ3n) is 3.07. The molecule has 0 spiro atoms. The van der Waals surface area contributed by atoms with Crippen LogP contribution in [0.2, 0.25) is 5.02 Å². The minimum atomic E-state index is -0.362. The fraction of sp³-hybridized carbons (Fsp3) is 0.533. The van der Waals surface area contributed by atoms with Crippen LogP contribution in [0.15, 0.2) is 18.2 Å². The zero-order valence-corrected chi connectivity index (χ0v) is 13.6. The van der Waals surface area contributed by atoms with Crippen molar-refractivity contribution in [2.45, 2.75) is 39.8 Å². The summed E-state index contributed by atoms with van der Waals surface area (Å²) in [7, 11) is 0. The normalized spacial score (nSPS) is 13.7. The smallest absolute Gasteiger partial charge is 0.319 e. The van der Waals surface area contributed by atoms with Crippen molar-refractivity contribution in [1.29, 1.82) is 0 Å². The van der Waals surface area contributed by atoms with Gasteiger partial charge in [0.2, 0.25) is 0 Å². The van der Waals surface area contributed by atoms with Crippen molar-refractivity contribution < 1.29 is 14.6 Å². The number of carbonyl (C=O) groups excluding carboxylic acids is 1. The maximum absolute atomic E-state index is 12.0. The van der Waals surface area contributed by atoms with Gasteiger partial charge in [-0.05, 0) is 38.8 Å². The number of urea groups is 1. The summed E-state index contributed by atoms with van der Waals surface area (Å²) in [4.78, 5) is 12.0. The molecule has 1 rings (SSSR count). The highest BCUT2D eigenvalue weighted by atomic mass is 35.5. The van der Waals surface area contributed by atoms with Crippen LogP contribution in [0.4, 0.5) is 10.5 Å². The third-order valence-corrected chi connectivity index (χ3v) is 3.37. The Balaban J connectivity index is 2.78. The lowest BCUT2D eigenvalue weighted by Crippen LogP contribution is -2.40. The van der Waals surface area contributed by atoms with Gasteiger partial charge in [-0.15, -0.1) is 0 Å². The van der Waals surface area contributed by atoms with Crippen molar-refractivity contribution in [2.24, 2.45) is 5.92 Å². The van der Waals surface area contributed by atoms with E-state index in [1.54, 1.807) is 18.2 Å². The molecule has 2 atom stereocenters. The fourth-order valence-electron chi connectivity index (χ4n) is 1.63. The van der Waals surface area contributed by atoms with E-state index in [9.17, 15) is 4.79 Å². The summed E-state index contributed by atoms with van der Waals surface area (Å²) >= 11 is 6.11. The molecule has 21 heavy (non-hydrogen) atoms. The zero-order valence-electron chi connectivity index (χ0n) is 12.8. The molecule has 0 saturated heterocycles. The van der Waals surface area contributed by atoms with E-state index in [-0.39, 0.29) is 30.7 Å². The number of carbonyl (C=O) groups is 1. The highest BCUT2D eigenvalue weighted by Gasteiger charge is 2.16. The molecule has 0 aliphatic heterocycles. The molecule has 0 radical (unpaired) electrons. The second-order valence-electron chi connectivity index (χ2n) is 5.33. The van der Waals surface area contributed by atoms with E-state index in [1.807, 2.05) is 27.7 Å². The molecule has 3 N–H and O–H groups in total. The second kappa shape index (κ2) is 8.10. The Morgan fingerprint density at radius 1 is 1.33 bits per heavy atom. The Morgan fingerprint density at radius 3 is 2.57 bits per heavy atom. The summed E-state index contributed by atoms with van der Waals surface area (Å²) < 4.78 is 5.64. The molecule has 2 unspecified atom stereocenters. The lowest BCUT2D eigenvalue weighted by Gasteiger charge is -2.21. The van der Waals surface area contributed by atoms with Gasteiger partial charge in [0.15, 0.2) is 5.75 Å². The summed E-state index contributed by atoms with van der Waals surface area (Å²) in [5, 5.41) is 15.0. The number of hydrogen-bond acceptors (Lipinski definition) is 3. The number of rotatable bonds is 6. The van der Waals surface area contributed by atoms with Crippen molar-refractivity contribution in [1.82, 2.24) is 5.32 Å². The Labute approximate surface area is 130 Å². The van der Waals surface area contributed by atoms with Gasteiger partial charge in [-0.1, -0.05) is 24.6 Å². The first-order valence-electron chi connectivity index (χ1n) is 6.98. The molecule has 0 bridgehead atoms. The second-order valence-corrected chi connectivity index (χ2v) is 5.74. The molecule has 0 aliphatic carbocycles. The molecular weight excluding hydrogens is 292 g/mol. The zero-order chi connectivity index (χ0) is 16.0. The average molecular weight is 315 g/mol. The van der Waals surface area contributed by atoms with E-state index in [4.69, 9.17) is 21.4 Å². The van der Waals surface area contributed by atoms with Gasteiger partial charge in [-0.3, -0.25) is 0 Å². The van der Waals surface area contributed by atoms with Gasteiger partial charge in [0.1, 0.15) is 0 Å². The van der Waals surface area contributed by atoms with Crippen molar-refractivity contribution >= 4 is 23.3 Å². The Bertz CT molecular complexity index is 480. The molecule has 0 aromatic heterocycles. The van der Waals surface area contributed by atoms with Gasteiger partial charge in [-0.25, -0.2) is 4.79 Å². The lowest BCUT2D eigenvalue weighted by atomic mass is 10.1. The summed E-state index contributed by atoms with van der Waals surface area (Å²) in [6.45, 7) is 7.48. The van der Waals surface area contributed by atoms with E-state index < -0.39 is 0 Å². The number of nitrogens with one attached hydrogen (secondary N) is 2. The monoisotopic (exact) mass is 314 g/mol. The summed E-state index contributed by atoms with van der Waals surface area (Å²) in [5.74, 6) is 0.425. The largest absolute Gasteiger partial charge is 0.487 e. The quantitative estimate of drug-likeness (QED) is 0.754. The molecule has 0 heterocycles. The standard InChI is InChI=1S/C15H23ClN2O3/c1-9(2)21-14-12(16)6-5-7-13(14)18-15(20)17-11(4)10(3)8-19/h5-7,9-11,19H,8H2,1-4H3,(H2,17,18,20). The fourth-order valence-corrected chi connectivity index (χ4v) is 1.85. The van der Waals surface area contributed by atoms with Crippen LogP contribution < -0.4 is 15.4 Å². The molecule has 0 aliphatic rings. The van der Waals surface area contributed by atoms with Crippen molar-refractivity contribution in [3.8, 4) is 5.75 Å². The highest BCUT2D eigenvalue weighted by molar-refractivity contribution is 6.32. The number of aliphatic hydroxyl groups excluding tert-OH is 1. The van der Waals surface area contributed by atoms with E-state index in [2.05, 4.69) is 10.6 Å². The first kappa shape index (κ1) is 17.6. The number of ether oxygens (including phenoxy) is 1. The van der Waals surface area contributed by atoms with E-state index in [0.717, 1.165) is 0 Å². The molecule has 118 valence electrons. The van der Waals surface area contributed by atoms with Crippen LogP contribution in [0.1, 0.15) is 27.7 Å². The van der Waals surface area contributed by atoms with E-state index >= 15 is 0 Å². The minimum Gasteiger partial charge on any atom is -0.487 e. The summed E-state index contributed by atoms with van der Waals surface area (Å²) in [5.41, 5.74) is 0.512. The van der Waals surface area contributed by atoms with Crippen LogP contribution in [0.5, 0.6) is 5.75 Å². The Hall–Kier alpha value is -1.46. The Kier molecular flexibility index (Phi) is 6.78. The number of amides is 2. The van der Waals surface area contributed by atoms with Crippen LogP contribution in [0.3, 0.4) is 0 Å². The van der Waals surface area contributed by atoms with Gasteiger partial charge in [0.05, 0.1) is 16.8 Å². The molecule has 6 heteroatoms. The van der Waals surface area contributed by atoms with Crippen LogP contribution >= 0.6 is 11.6 Å². The van der Waals surface area contributed by atoms with Gasteiger partial charge in [0.25, 0.3) is 0 Å². The number of benzene rings is 1. The molecule has 0 saturated carbocycles. The molecule has 1 aromatic rings. The van der Waals surface area contributed by atoms with Crippen molar-refractivity contribution in [3.05, 3.63) is 23.2 Å². The average Bonchev–Trinajstić information content (AvgIpc) is 2.41. The summed E-state index contributed by atoms with van der Waals surface area (Å²) in [6, 6.07) is 4.66. The van der Waals surface area contributed by atoms with Gasteiger partial charge in [0, 0.05) is 12.6 Å². The van der Waals surface area contributed by atoms with Crippen LogP contribution in [0, 0.1) is 5.92 Å². The van der Waals surface area contributed by atoms with Crippen LogP contribution in [-0.4, -0.2) is 29.9 Å². The first-order chi connectivity index (χ1) is 9.85. The minimum absolute atomic E-state index is 0.0142. The molecule has 5 nitrogen and oxygen atoms in total. The van der Waals surface area contributed by atoms with E-state index in [1.165, 1.54) is 0 Å². The SMILES string of the molecule is CC(C)Oc1c(Cl)cccc1NC(=O)NC(C)C(C)CO. The van der Waals surface area contributed by atoms with Gasteiger partial charge >= 0.3 is 6.03 Å². The number of hydrogen-bond donors (Lipinski definition) is 3. The number of anilines is 1. The predicted molar refractivity (Wildman–Crippen MR) is 85.1 cm³/mol. The van der Waals surface area contributed by atoms with Crippen molar-refractivity contribution in [2.75, 3.05) is 11.9 Å². The molecule has 0 fully saturated rings. The molecule has 2 amide bonds. The maximum Gasteiger partial charge on any atom is 0.319 e. The van der Waals surface area contributed by atoms with E-state index in [0.29, 0.717) is 16.5 Å². The Morgan fingerprint density at radius 2 is 2.00 bits per heavy atom. The number of halogens is 1. The van der Waals surface area contributed by atoms with Crippen molar-refractivity contribution in [3.63, 3.8) is 0 Å². The predicted octanol–water partition coefficient (Wildman–Crippen LogP) is 3.27. The topological polar surface area (TPSA) is 70.6 Å². The van der Waals surface area contributed by atoms with Gasteiger partial charge in [-0.2, -0.15) is 0 Å². The highest BCUT2D eigenvalue weighted by Crippen LogP contribution is 2.33. The molecule has 1 aromatic carbocycles. The van der Waals surface area contributed by atoms with Crippen LogP contribution in [0.25, 0.3) is 0 Å². The number of para-hydroxylation sites is 1. The first-order valence-corrected chi connectivity index (χ1v) is 7.36.